The van der Waals surface area contributed by atoms with E-state index in [9.17, 15) is 4.79 Å². The summed E-state index contributed by atoms with van der Waals surface area (Å²) in [6, 6.07) is 25.4. The number of nitrogen functional groups attached to an aromatic ring is 1. The van der Waals surface area contributed by atoms with E-state index in [0.29, 0.717) is 21.4 Å². The smallest absolute Gasteiger partial charge is 0.168 e. The number of aromatic nitrogens is 2. The lowest BCUT2D eigenvalue weighted by atomic mass is 10.3. The van der Waals surface area contributed by atoms with Gasteiger partial charge in [0.15, 0.2) is 6.29 Å². The lowest BCUT2D eigenvalue weighted by molar-refractivity contribution is -0.0000129. The van der Waals surface area contributed by atoms with E-state index < -0.39 is 0 Å². The molecule has 5 nitrogen and oxygen atoms in total. The maximum atomic E-state index is 9.94. The Morgan fingerprint density at radius 1 is 0.758 bits per heavy atom. The van der Waals surface area contributed by atoms with Crippen LogP contribution in [0.15, 0.2) is 102 Å². The number of benzene rings is 2. The van der Waals surface area contributed by atoms with Gasteiger partial charge in [-0.05, 0) is 60.7 Å². The Balaban J connectivity index is 0.000000489. The molecule has 4 aromatic rings. The first-order valence-electron chi connectivity index (χ1n) is 9.15. The van der Waals surface area contributed by atoms with E-state index in [1.54, 1.807) is 61.1 Å². The number of aliphatic imine (C=N–C) groups is 1. The molecule has 0 unspecified atom stereocenters. The summed E-state index contributed by atoms with van der Waals surface area (Å²) >= 11 is 11.4. The van der Waals surface area contributed by atoms with Crippen LogP contribution in [0.4, 0.5) is 11.4 Å². The normalized spacial score (nSPS) is 9.15. The molecule has 0 amide bonds. The van der Waals surface area contributed by atoms with Crippen LogP contribution in [-0.4, -0.2) is 22.5 Å². The average molecular weight is 486 g/mol. The second kappa shape index (κ2) is 17.0. The summed E-state index contributed by atoms with van der Waals surface area (Å²) in [5.74, 6) is 0. The van der Waals surface area contributed by atoms with Crippen molar-refractivity contribution in [1.82, 2.24) is 9.97 Å². The predicted molar refractivity (Wildman–Crippen MR) is 135 cm³/mol. The van der Waals surface area contributed by atoms with Crippen molar-refractivity contribution in [3.8, 4) is 0 Å². The van der Waals surface area contributed by atoms with E-state index in [1.807, 2.05) is 42.5 Å². The fraction of sp³-hybridized carbons (Fsp3) is 0.0400. The van der Waals surface area contributed by atoms with Gasteiger partial charge in [-0.2, -0.15) is 0 Å². The standard InChI is InChI=1S/C12H9ClN2.C6H6ClN.C6H5NO.CH4.FH/c13-10-4-3-6-11(8-10)15-9-12-5-1-2-7-14-12;7-5-2-1-3-6(8)4-5;8-5-6-3-1-2-4-7-6;;/h1-9H;1-4H,8H2;1-5H;1H4;1H/p-1. The van der Waals surface area contributed by atoms with Crippen LogP contribution in [0.1, 0.15) is 23.6 Å². The van der Waals surface area contributed by atoms with Gasteiger partial charge in [0.05, 0.1) is 17.6 Å². The molecule has 2 aromatic heterocycles. The van der Waals surface area contributed by atoms with Crippen LogP contribution >= 0.6 is 23.2 Å². The van der Waals surface area contributed by atoms with Crippen molar-refractivity contribution < 1.29 is 9.50 Å². The number of rotatable bonds is 3. The number of pyridine rings is 2. The van der Waals surface area contributed by atoms with Crippen molar-refractivity contribution >= 4 is 47.1 Å². The molecule has 0 radical (unpaired) electrons. The van der Waals surface area contributed by atoms with E-state index in [2.05, 4.69) is 15.0 Å². The van der Waals surface area contributed by atoms with E-state index in [4.69, 9.17) is 28.9 Å². The molecule has 0 aliphatic heterocycles. The Morgan fingerprint density at radius 2 is 1.33 bits per heavy atom. The van der Waals surface area contributed by atoms with Crippen LogP contribution in [0.3, 0.4) is 0 Å². The van der Waals surface area contributed by atoms with Gasteiger partial charge >= 0.3 is 0 Å². The maximum absolute atomic E-state index is 9.94. The van der Waals surface area contributed by atoms with Gasteiger partial charge < -0.3 is 10.4 Å². The maximum Gasteiger partial charge on any atom is 0.168 e. The summed E-state index contributed by atoms with van der Waals surface area (Å²) in [5, 5.41) is 1.37. The Bertz CT molecular complexity index is 1080. The minimum absolute atomic E-state index is 0. The van der Waals surface area contributed by atoms with Crippen molar-refractivity contribution in [1.29, 1.82) is 0 Å². The van der Waals surface area contributed by atoms with Crippen LogP contribution < -0.4 is 10.4 Å². The van der Waals surface area contributed by atoms with Crippen LogP contribution in [-0.2, 0) is 0 Å². The van der Waals surface area contributed by atoms with Crippen molar-refractivity contribution in [3.63, 3.8) is 0 Å². The number of nitrogens with zero attached hydrogens (tertiary/aromatic N) is 3. The van der Waals surface area contributed by atoms with Crippen LogP contribution in [0.5, 0.6) is 0 Å². The molecule has 0 bridgehead atoms. The van der Waals surface area contributed by atoms with Crippen molar-refractivity contribution in [2.75, 3.05) is 5.73 Å². The van der Waals surface area contributed by atoms with Gasteiger partial charge in [-0.25, -0.2) is 0 Å². The third kappa shape index (κ3) is 12.7. The van der Waals surface area contributed by atoms with Gasteiger partial charge in [0.1, 0.15) is 5.69 Å². The molecule has 0 spiro atoms. The second-order valence-electron chi connectivity index (χ2n) is 5.92. The van der Waals surface area contributed by atoms with Gasteiger partial charge in [-0.3, -0.25) is 19.8 Å². The molecule has 33 heavy (non-hydrogen) atoms. The number of halogens is 3. The monoisotopic (exact) mass is 485 g/mol. The van der Waals surface area contributed by atoms with Crippen molar-refractivity contribution in [3.05, 3.63) is 119 Å². The fourth-order valence-corrected chi connectivity index (χ4v) is 2.48. The first-order chi connectivity index (χ1) is 15.1. The third-order valence-electron chi connectivity index (χ3n) is 3.50. The molecule has 172 valence electrons. The lowest BCUT2D eigenvalue weighted by Crippen LogP contribution is -3.00. The Kier molecular flexibility index (Phi) is 15.1. The molecular formula is C25H24Cl2FN4O-. The quantitative estimate of drug-likeness (QED) is 0.270. The number of hydrogen-bond acceptors (Lipinski definition) is 5. The highest BCUT2D eigenvalue weighted by molar-refractivity contribution is 6.31. The molecular weight excluding hydrogens is 462 g/mol. The van der Waals surface area contributed by atoms with Gasteiger partial charge in [0.2, 0.25) is 0 Å². The molecule has 0 aliphatic carbocycles. The molecule has 2 heterocycles. The molecule has 2 aromatic carbocycles. The molecule has 4 rings (SSSR count). The summed E-state index contributed by atoms with van der Waals surface area (Å²) in [4.78, 5) is 22.1. The molecule has 8 heteroatoms. The zero-order valence-corrected chi connectivity index (χ0v) is 18.4. The number of carbonyl (C=O) groups is 1. The van der Waals surface area contributed by atoms with Crippen molar-refractivity contribution in [2.45, 2.75) is 7.43 Å². The van der Waals surface area contributed by atoms with Crippen LogP contribution in [0.25, 0.3) is 0 Å². The van der Waals surface area contributed by atoms with E-state index >= 15 is 0 Å². The highest BCUT2D eigenvalue weighted by Gasteiger charge is 1.90. The predicted octanol–water partition coefficient (Wildman–Crippen LogP) is 3.94. The fourth-order valence-electron chi connectivity index (χ4n) is 2.10. The number of nitrogens with two attached hydrogens (primary N) is 1. The first-order valence-corrected chi connectivity index (χ1v) is 9.90. The summed E-state index contributed by atoms with van der Waals surface area (Å²) in [6.45, 7) is 0. The molecule has 0 atom stereocenters. The first kappa shape index (κ1) is 29.4. The summed E-state index contributed by atoms with van der Waals surface area (Å²) in [6.07, 6.45) is 5.76. The molecule has 0 fully saturated rings. The Labute approximate surface area is 203 Å². The minimum atomic E-state index is 0. The highest BCUT2D eigenvalue weighted by Crippen LogP contribution is 2.17. The van der Waals surface area contributed by atoms with Crippen LogP contribution in [0, 0.1) is 0 Å². The summed E-state index contributed by atoms with van der Waals surface area (Å²) in [5.41, 5.74) is 8.22. The van der Waals surface area contributed by atoms with Gasteiger partial charge in [-0.15, -0.1) is 0 Å². The topological polar surface area (TPSA) is 81.2 Å². The zero-order valence-electron chi connectivity index (χ0n) is 16.9. The van der Waals surface area contributed by atoms with Gasteiger partial charge in [0, 0.05) is 28.1 Å². The lowest BCUT2D eigenvalue weighted by Gasteiger charge is -1.94. The number of carbonyl (C=O) groups excluding carboxylic acids is 1. The van der Waals surface area contributed by atoms with Crippen LogP contribution in [0.2, 0.25) is 10.0 Å². The average Bonchev–Trinajstić information content (AvgIpc) is 2.80. The minimum Gasteiger partial charge on any atom is -1.00 e. The molecule has 0 aliphatic rings. The number of anilines is 1. The van der Waals surface area contributed by atoms with E-state index in [0.717, 1.165) is 17.7 Å². The largest absolute Gasteiger partial charge is 1.00 e. The summed E-state index contributed by atoms with van der Waals surface area (Å²) in [7, 11) is 0. The molecule has 2 N–H and O–H groups in total. The third-order valence-corrected chi connectivity index (χ3v) is 3.97. The SMILES string of the molecule is C.Clc1cccc(N=Cc2ccccn2)c1.Nc1cccc(Cl)c1.O=Cc1ccccn1.[F-]. The van der Waals surface area contributed by atoms with Gasteiger partial charge in [-0.1, -0.05) is 54.9 Å². The molecule has 0 saturated carbocycles. The van der Waals surface area contributed by atoms with Gasteiger partial charge in [0.25, 0.3) is 0 Å². The Hall–Kier alpha value is -3.61. The Morgan fingerprint density at radius 3 is 1.76 bits per heavy atom. The molecule has 0 saturated heterocycles. The second-order valence-corrected chi connectivity index (χ2v) is 6.79. The summed E-state index contributed by atoms with van der Waals surface area (Å²) < 4.78 is 0. The zero-order chi connectivity index (χ0) is 22.3. The number of aldehydes is 1. The van der Waals surface area contributed by atoms with E-state index in [-0.39, 0.29) is 12.1 Å². The highest BCUT2D eigenvalue weighted by atomic mass is 35.5. The van der Waals surface area contributed by atoms with Crippen molar-refractivity contribution in [2.24, 2.45) is 4.99 Å². The van der Waals surface area contributed by atoms with E-state index in [1.165, 1.54) is 0 Å². The number of hydrogen-bond donors (Lipinski definition) is 1.